The summed E-state index contributed by atoms with van der Waals surface area (Å²) in [6.07, 6.45) is 2.17. The number of hydrogen-bond donors (Lipinski definition) is 1. The van der Waals surface area contributed by atoms with E-state index in [1.165, 1.54) is 13.2 Å². The molecule has 32 heavy (non-hydrogen) atoms. The van der Waals surface area contributed by atoms with Gasteiger partial charge in [0, 0.05) is 24.5 Å². The Morgan fingerprint density at radius 2 is 1.69 bits per heavy atom. The summed E-state index contributed by atoms with van der Waals surface area (Å²) >= 11 is 0. The van der Waals surface area contributed by atoms with Gasteiger partial charge in [-0.15, -0.1) is 0 Å². The number of aromatic nitrogens is 2. The van der Waals surface area contributed by atoms with Gasteiger partial charge in [-0.25, -0.2) is 9.07 Å². The molecule has 7 heteroatoms. The summed E-state index contributed by atoms with van der Waals surface area (Å²) in [5.74, 6) is -0.871. The summed E-state index contributed by atoms with van der Waals surface area (Å²) in [6, 6.07) is 14.7. The van der Waals surface area contributed by atoms with Gasteiger partial charge in [0.1, 0.15) is 5.60 Å². The van der Waals surface area contributed by atoms with Crippen LogP contribution in [0, 0.1) is 12.7 Å². The molecule has 1 N–H and O–H groups in total. The standard InChI is InChI=1S/C25H27FN2O4/c1-17-3-5-18(6-4-17)21-16-23(24(29)9-11-25(12-10-24)31-13-14-32-25)27-28(21)19-7-8-22(30-2)20(26)15-19/h3-8,15-16,29H,9-14H2,1-2H3. The van der Waals surface area contributed by atoms with Crippen LogP contribution in [0.1, 0.15) is 36.9 Å². The predicted molar refractivity (Wildman–Crippen MR) is 117 cm³/mol. The molecule has 1 aliphatic carbocycles. The predicted octanol–water partition coefficient (Wildman–Crippen LogP) is 4.50. The van der Waals surface area contributed by atoms with Gasteiger partial charge in [0.2, 0.25) is 0 Å². The lowest BCUT2D eigenvalue weighted by Crippen LogP contribution is -2.42. The average Bonchev–Trinajstić information content (AvgIpc) is 3.45. The summed E-state index contributed by atoms with van der Waals surface area (Å²) in [6.45, 7) is 3.21. The molecular formula is C25H27FN2O4. The zero-order chi connectivity index (χ0) is 22.3. The molecule has 0 radical (unpaired) electrons. The Morgan fingerprint density at radius 1 is 1.00 bits per heavy atom. The van der Waals surface area contributed by atoms with Gasteiger partial charge in [0.15, 0.2) is 17.4 Å². The fourth-order valence-corrected chi connectivity index (χ4v) is 4.61. The highest BCUT2D eigenvalue weighted by molar-refractivity contribution is 5.63. The molecule has 0 amide bonds. The first-order valence-electron chi connectivity index (χ1n) is 10.9. The second kappa shape index (κ2) is 7.99. The Bertz CT molecular complexity index is 1110. The maximum Gasteiger partial charge on any atom is 0.168 e. The molecule has 3 aromatic rings. The minimum atomic E-state index is -1.10. The molecule has 168 valence electrons. The Labute approximate surface area is 186 Å². The minimum Gasteiger partial charge on any atom is -0.494 e. The first-order valence-corrected chi connectivity index (χ1v) is 10.9. The monoisotopic (exact) mass is 438 g/mol. The molecule has 1 spiro atoms. The van der Waals surface area contributed by atoms with Crippen LogP contribution in [0.15, 0.2) is 48.5 Å². The van der Waals surface area contributed by atoms with E-state index in [-0.39, 0.29) is 5.75 Å². The third-order valence-corrected chi connectivity index (χ3v) is 6.57. The quantitative estimate of drug-likeness (QED) is 0.650. The molecule has 2 aromatic carbocycles. The van der Waals surface area contributed by atoms with Gasteiger partial charge in [0.25, 0.3) is 0 Å². The number of benzene rings is 2. The van der Waals surface area contributed by atoms with E-state index in [2.05, 4.69) is 0 Å². The van der Waals surface area contributed by atoms with Gasteiger partial charge in [-0.05, 0) is 38.0 Å². The zero-order valence-electron chi connectivity index (χ0n) is 18.3. The smallest absolute Gasteiger partial charge is 0.168 e. The first-order chi connectivity index (χ1) is 15.4. The fraction of sp³-hybridized carbons (Fsp3) is 0.400. The number of ether oxygens (including phenoxy) is 3. The van der Waals surface area contributed by atoms with Crippen molar-refractivity contribution in [2.75, 3.05) is 20.3 Å². The van der Waals surface area contributed by atoms with Crippen molar-refractivity contribution in [1.82, 2.24) is 9.78 Å². The van der Waals surface area contributed by atoms with Crippen molar-refractivity contribution in [2.24, 2.45) is 0 Å². The molecular weight excluding hydrogens is 411 g/mol. The highest BCUT2D eigenvalue weighted by atomic mass is 19.1. The maximum absolute atomic E-state index is 14.5. The molecule has 2 fully saturated rings. The molecule has 1 saturated heterocycles. The van der Waals surface area contributed by atoms with Crippen molar-refractivity contribution < 1.29 is 23.7 Å². The van der Waals surface area contributed by atoms with Gasteiger partial charge in [-0.3, -0.25) is 0 Å². The van der Waals surface area contributed by atoms with Gasteiger partial charge in [0.05, 0.1) is 37.4 Å². The molecule has 0 atom stereocenters. The molecule has 6 nitrogen and oxygen atoms in total. The number of methoxy groups -OCH3 is 1. The van der Waals surface area contributed by atoms with Crippen molar-refractivity contribution >= 4 is 0 Å². The van der Waals surface area contributed by atoms with Crippen LogP contribution in [0.3, 0.4) is 0 Å². The van der Waals surface area contributed by atoms with E-state index in [4.69, 9.17) is 19.3 Å². The van der Waals surface area contributed by atoms with Crippen molar-refractivity contribution in [3.8, 4) is 22.7 Å². The summed E-state index contributed by atoms with van der Waals surface area (Å²) in [4.78, 5) is 0. The van der Waals surface area contributed by atoms with Crippen LogP contribution in [0.5, 0.6) is 5.75 Å². The number of halogens is 1. The first kappa shape index (κ1) is 21.1. The third kappa shape index (κ3) is 3.70. The largest absolute Gasteiger partial charge is 0.494 e. The van der Waals surface area contributed by atoms with Crippen molar-refractivity contribution in [1.29, 1.82) is 0 Å². The lowest BCUT2D eigenvalue weighted by atomic mass is 9.79. The van der Waals surface area contributed by atoms with E-state index in [1.807, 2.05) is 37.3 Å². The van der Waals surface area contributed by atoms with Crippen LogP contribution in [-0.2, 0) is 15.1 Å². The highest BCUT2D eigenvalue weighted by Crippen LogP contribution is 2.45. The number of hydrogen-bond acceptors (Lipinski definition) is 5. The fourth-order valence-electron chi connectivity index (χ4n) is 4.61. The summed E-state index contributed by atoms with van der Waals surface area (Å²) in [5.41, 5.74) is 2.88. The Morgan fingerprint density at radius 3 is 2.31 bits per heavy atom. The summed E-state index contributed by atoms with van der Waals surface area (Å²) in [5, 5.41) is 16.3. The SMILES string of the molecule is COc1ccc(-n2nc(C3(O)CCC4(CC3)OCCO4)cc2-c2ccc(C)cc2)cc1F. The maximum atomic E-state index is 14.5. The van der Waals surface area contributed by atoms with E-state index in [0.29, 0.717) is 50.3 Å². The number of rotatable bonds is 4. The summed E-state index contributed by atoms with van der Waals surface area (Å²) < 4.78 is 32.9. The van der Waals surface area contributed by atoms with Gasteiger partial charge >= 0.3 is 0 Å². The number of aryl methyl sites for hydroxylation is 1. The zero-order valence-corrected chi connectivity index (χ0v) is 18.3. The van der Waals surface area contributed by atoms with Gasteiger partial charge in [-0.1, -0.05) is 29.8 Å². The van der Waals surface area contributed by atoms with E-state index < -0.39 is 17.2 Å². The van der Waals surface area contributed by atoms with Gasteiger partial charge < -0.3 is 19.3 Å². The lowest BCUT2D eigenvalue weighted by Gasteiger charge is -2.39. The van der Waals surface area contributed by atoms with E-state index in [9.17, 15) is 9.50 Å². The average molecular weight is 438 g/mol. The second-order valence-electron chi connectivity index (χ2n) is 8.65. The molecule has 0 bridgehead atoms. The van der Waals surface area contributed by atoms with E-state index in [1.54, 1.807) is 16.8 Å². The molecule has 1 aromatic heterocycles. The molecule has 0 unspecified atom stereocenters. The Hall–Kier alpha value is -2.74. The van der Waals surface area contributed by atoms with Crippen molar-refractivity contribution in [3.05, 3.63) is 65.6 Å². The Balaban J connectivity index is 1.55. The minimum absolute atomic E-state index is 0.172. The summed E-state index contributed by atoms with van der Waals surface area (Å²) in [7, 11) is 1.44. The molecule has 1 aliphatic heterocycles. The van der Waals surface area contributed by atoms with E-state index >= 15 is 0 Å². The topological polar surface area (TPSA) is 65.7 Å². The van der Waals surface area contributed by atoms with Crippen LogP contribution in [0.25, 0.3) is 16.9 Å². The number of nitrogens with zero attached hydrogens (tertiary/aromatic N) is 2. The molecule has 5 rings (SSSR count). The third-order valence-electron chi connectivity index (χ3n) is 6.57. The number of aliphatic hydroxyl groups is 1. The van der Waals surface area contributed by atoms with Crippen LogP contribution >= 0.6 is 0 Å². The van der Waals surface area contributed by atoms with Crippen LogP contribution < -0.4 is 4.74 Å². The molecule has 2 heterocycles. The molecule has 1 saturated carbocycles. The van der Waals surface area contributed by atoms with Crippen LogP contribution in [0.4, 0.5) is 4.39 Å². The van der Waals surface area contributed by atoms with Crippen LogP contribution in [0.2, 0.25) is 0 Å². The Kier molecular flexibility index (Phi) is 5.28. The highest BCUT2D eigenvalue weighted by Gasteiger charge is 2.47. The van der Waals surface area contributed by atoms with Gasteiger partial charge in [-0.2, -0.15) is 5.10 Å². The van der Waals surface area contributed by atoms with Crippen LogP contribution in [-0.4, -0.2) is 41.0 Å². The van der Waals surface area contributed by atoms with Crippen molar-refractivity contribution in [2.45, 2.75) is 44.0 Å². The second-order valence-corrected chi connectivity index (χ2v) is 8.65. The normalized spacial score (nSPS) is 19.4. The van der Waals surface area contributed by atoms with Crippen molar-refractivity contribution in [3.63, 3.8) is 0 Å². The lowest BCUT2D eigenvalue weighted by molar-refractivity contribution is -0.204. The van der Waals surface area contributed by atoms with E-state index in [0.717, 1.165) is 16.8 Å². The molecule has 2 aliphatic rings.